The highest BCUT2D eigenvalue weighted by molar-refractivity contribution is 5.30. The summed E-state index contributed by atoms with van der Waals surface area (Å²) < 4.78 is 1.93. The van der Waals surface area contributed by atoms with Crippen LogP contribution in [-0.2, 0) is 6.54 Å². The van der Waals surface area contributed by atoms with Crippen molar-refractivity contribution >= 4 is 5.69 Å². The van der Waals surface area contributed by atoms with E-state index in [2.05, 4.69) is 23.8 Å². The fraction of sp³-hybridized carbons (Fsp3) is 0.750. The predicted octanol–water partition coefficient (Wildman–Crippen LogP) is 1.44. The molecule has 0 spiro atoms. The molecule has 0 aliphatic carbocycles. The summed E-state index contributed by atoms with van der Waals surface area (Å²) in [7, 11) is 0. The first-order chi connectivity index (χ1) is 7.65. The smallest absolute Gasteiger partial charge is 0.0719 e. The average Bonchev–Trinajstić information content (AvgIpc) is 2.83. The summed E-state index contributed by atoms with van der Waals surface area (Å²) in [6.07, 6.45) is 4.95. The maximum absolute atomic E-state index is 5.63. The maximum Gasteiger partial charge on any atom is 0.0719 e. The van der Waals surface area contributed by atoms with E-state index in [9.17, 15) is 0 Å². The fourth-order valence-electron chi connectivity index (χ4n) is 2.36. The van der Waals surface area contributed by atoms with Crippen molar-refractivity contribution in [3.63, 3.8) is 0 Å². The van der Waals surface area contributed by atoms with Crippen molar-refractivity contribution in [2.24, 2.45) is 11.8 Å². The van der Waals surface area contributed by atoms with Crippen molar-refractivity contribution in [2.75, 3.05) is 25.4 Å². The second-order valence-corrected chi connectivity index (χ2v) is 5.13. The van der Waals surface area contributed by atoms with Crippen molar-refractivity contribution in [1.29, 1.82) is 0 Å². The number of hydrogen-bond acceptors (Lipinski definition) is 3. The number of rotatable bonds is 4. The summed E-state index contributed by atoms with van der Waals surface area (Å²) in [4.78, 5) is 2.53. The van der Waals surface area contributed by atoms with Gasteiger partial charge in [-0.25, -0.2) is 0 Å². The van der Waals surface area contributed by atoms with Gasteiger partial charge in [0.1, 0.15) is 0 Å². The van der Waals surface area contributed by atoms with Gasteiger partial charge in [0.2, 0.25) is 0 Å². The second-order valence-electron chi connectivity index (χ2n) is 5.13. The van der Waals surface area contributed by atoms with Crippen LogP contribution in [0.15, 0.2) is 12.4 Å². The molecular formula is C12H22N4. The van der Waals surface area contributed by atoms with Gasteiger partial charge in [-0.2, -0.15) is 5.10 Å². The monoisotopic (exact) mass is 222 g/mol. The number of aromatic nitrogens is 2. The quantitative estimate of drug-likeness (QED) is 0.838. The molecule has 90 valence electrons. The van der Waals surface area contributed by atoms with Crippen LogP contribution in [0.5, 0.6) is 0 Å². The summed E-state index contributed by atoms with van der Waals surface area (Å²) in [5, 5.41) is 4.20. The molecule has 1 aliphatic rings. The molecule has 1 atom stereocenters. The van der Waals surface area contributed by atoms with Gasteiger partial charge in [0.15, 0.2) is 0 Å². The van der Waals surface area contributed by atoms with Gasteiger partial charge in [-0.1, -0.05) is 13.8 Å². The Morgan fingerprint density at radius 2 is 2.31 bits per heavy atom. The van der Waals surface area contributed by atoms with E-state index in [-0.39, 0.29) is 0 Å². The topological polar surface area (TPSA) is 47.1 Å². The van der Waals surface area contributed by atoms with Crippen molar-refractivity contribution in [3.8, 4) is 0 Å². The van der Waals surface area contributed by atoms with E-state index in [0.717, 1.165) is 30.6 Å². The Morgan fingerprint density at radius 3 is 2.88 bits per heavy atom. The van der Waals surface area contributed by atoms with Crippen molar-refractivity contribution in [1.82, 2.24) is 14.7 Å². The molecule has 1 aromatic heterocycles. The predicted molar refractivity (Wildman–Crippen MR) is 66.0 cm³/mol. The number of nitrogens with zero attached hydrogens (tertiary/aromatic N) is 3. The Hall–Kier alpha value is -1.03. The second kappa shape index (κ2) is 4.87. The minimum absolute atomic E-state index is 0.751. The molecule has 0 amide bonds. The van der Waals surface area contributed by atoms with Gasteiger partial charge in [-0.15, -0.1) is 0 Å². The summed E-state index contributed by atoms with van der Waals surface area (Å²) >= 11 is 0. The summed E-state index contributed by atoms with van der Waals surface area (Å²) in [5.41, 5.74) is 6.38. The number of hydrogen-bond donors (Lipinski definition) is 1. The summed E-state index contributed by atoms with van der Waals surface area (Å²) in [5.74, 6) is 1.69. The summed E-state index contributed by atoms with van der Waals surface area (Å²) in [6.45, 7) is 9.16. The Kier molecular flexibility index (Phi) is 3.49. The highest BCUT2D eigenvalue weighted by Gasteiger charge is 2.24. The lowest BCUT2D eigenvalue weighted by atomic mass is 9.95. The van der Waals surface area contributed by atoms with Crippen LogP contribution in [-0.4, -0.2) is 34.3 Å². The van der Waals surface area contributed by atoms with Crippen molar-refractivity contribution < 1.29 is 0 Å². The minimum Gasteiger partial charge on any atom is -0.396 e. The van der Waals surface area contributed by atoms with Gasteiger partial charge in [0.25, 0.3) is 0 Å². The Morgan fingerprint density at radius 1 is 1.50 bits per heavy atom. The van der Waals surface area contributed by atoms with Gasteiger partial charge in [-0.3, -0.25) is 4.68 Å². The SMILES string of the molecule is CC(C)C1CCN(CCn2cc(N)cn2)C1. The van der Waals surface area contributed by atoms with Crippen LogP contribution in [0.1, 0.15) is 20.3 Å². The molecule has 16 heavy (non-hydrogen) atoms. The molecule has 0 bridgehead atoms. The Labute approximate surface area is 97.4 Å². The Bertz CT molecular complexity index is 332. The molecule has 2 heterocycles. The number of likely N-dealkylation sites (tertiary alicyclic amines) is 1. The molecule has 1 aliphatic heterocycles. The molecule has 0 radical (unpaired) electrons. The zero-order valence-electron chi connectivity index (χ0n) is 10.3. The maximum atomic E-state index is 5.63. The van der Waals surface area contributed by atoms with Crippen LogP contribution in [0.3, 0.4) is 0 Å². The number of nitrogens with two attached hydrogens (primary N) is 1. The highest BCUT2D eigenvalue weighted by Crippen LogP contribution is 2.23. The summed E-state index contributed by atoms with van der Waals surface area (Å²) in [6, 6.07) is 0. The van der Waals surface area contributed by atoms with Gasteiger partial charge in [-0.05, 0) is 24.8 Å². The lowest BCUT2D eigenvalue weighted by Crippen LogP contribution is -2.26. The van der Waals surface area contributed by atoms with Gasteiger partial charge in [0.05, 0.1) is 18.4 Å². The first-order valence-electron chi connectivity index (χ1n) is 6.15. The van der Waals surface area contributed by atoms with Crippen LogP contribution in [0.4, 0.5) is 5.69 Å². The third kappa shape index (κ3) is 2.76. The van der Waals surface area contributed by atoms with Crippen LogP contribution in [0, 0.1) is 11.8 Å². The average molecular weight is 222 g/mol. The molecule has 0 aromatic carbocycles. The van der Waals surface area contributed by atoms with E-state index in [1.807, 2.05) is 10.9 Å². The molecular weight excluding hydrogens is 200 g/mol. The van der Waals surface area contributed by atoms with Gasteiger partial charge < -0.3 is 10.6 Å². The van der Waals surface area contributed by atoms with Crippen LogP contribution < -0.4 is 5.73 Å². The van der Waals surface area contributed by atoms with E-state index in [4.69, 9.17) is 5.73 Å². The first-order valence-corrected chi connectivity index (χ1v) is 6.15. The van der Waals surface area contributed by atoms with Crippen LogP contribution in [0.2, 0.25) is 0 Å². The molecule has 2 rings (SSSR count). The lowest BCUT2D eigenvalue weighted by molar-refractivity contribution is 0.287. The third-order valence-corrected chi connectivity index (χ3v) is 3.55. The third-order valence-electron chi connectivity index (χ3n) is 3.55. The molecule has 1 fully saturated rings. The lowest BCUT2D eigenvalue weighted by Gasteiger charge is -2.17. The molecule has 4 heteroatoms. The van der Waals surface area contributed by atoms with E-state index in [1.54, 1.807) is 6.20 Å². The normalized spacial score (nSPS) is 22.1. The van der Waals surface area contributed by atoms with Crippen molar-refractivity contribution in [3.05, 3.63) is 12.4 Å². The zero-order valence-corrected chi connectivity index (χ0v) is 10.3. The number of anilines is 1. The van der Waals surface area contributed by atoms with Crippen molar-refractivity contribution in [2.45, 2.75) is 26.8 Å². The molecule has 2 N–H and O–H groups in total. The van der Waals surface area contributed by atoms with Gasteiger partial charge >= 0.3 is 0 Å². The minimum atomic E-state index is 0.751. The van der Waals surface area contributed by atoms with E-state index >= 15 is 0 Å². The van der Waals surface area contributed by atoms with Crippen LogP contribution >= 0.6 is 0 Å². The molecule has 1 aromatic rings. The Balaban J connectivity index is 1.75. The molecule has 1 unspecified atom stereocenters. The van der Waals surface area contributed by atoms with Crippen LogP contribution in [0.25, 0.3) is 0 Å². The fourth-order valence-corrected chi connectivity index (χ4v) is 2.36. The molecule has 4 nitrogen and oxygen atoms in total. The standard InChI is InChI=1S/C12H22N4/c1-10(2)11-3-4-15(8-11)5-6-16-9-12(13)7-14-16/h7,9-11H,3-6,8,13H2,1-2H3. The highest BCUT2D eigenvalue weighted by atomic mass is 15.3. The van der Waals surface area contributed by atoms with E-state index < -0.39 is 0 Å². The molecule has 1 saturated heterocycles. The molecule has 0 saturated carbocycles. The van der Waals surface area contributed by atoms with Gasteiger partial charge in [0, 0.05) is 19.3 Å². The van der Waals surface area contributed by atoms with E-state index in [1.165, 1.54) is 19.5 Å². The zero-order chi connectivity index (χ0) is 11.5. The largest absolute Gasteiger partial charge is 0.396 e. The van der Waals surface area contributed by atoms with E-state index in [0.29, 0.717) is 0 Å². The first kappa shape index (κ1) is 11.5. The number of nitrogen functional groups attached to an aromatic ring is 1.